The largest absolute Gasteiger partial charge is 0.352 e. The van der Waals surface area contributed by atoms with Crippen molar-refractivity contribution >= 4 is 28.5 Å². The van der Waals surface area contributed by atoms with E-state index in [1.165, 1.54) is 0 Å². The quantitative estimate of drug-likeness (QED) is 0.751. The van der Waals surface area contributed by atoms with Crippen molar-refractivity contribution < 1.29 is 4.79 Å². The maximum absolute atomic E-state index is 12.0. The predicted octanol–water partition coefficient (Wildman–Crippen LogP) is 4.27. The minimum Gasteiger partial charge on any atom is -0.352 e. The summed E-state index contributed by atoms with van der Waals surface area (Å²) in [7, 11) is 0. The number of aromatic amines is 1. The first kappa shape index (κ1) is 15.6. The van der Waals surface area contributed by atoms with Gasteiger partial charge in [0.1, 0.15) is 5.82 Å². The first-order chi connectivity index (χ1) is 11.0. The minimum absolute atomic E-state index is 0.0540. The number of carbonyl (C=O) groups is 1. The van der Waals surface area contributed by atoms with E-state index in [2.05, 4.69) is 29.1 Å². The Morgan fingerprint density at radius 2 is 1.96 bits per heavy atom. The SMILES string of the molecule is CC(C)CNC(=O)c1ccc(-c2nc3ccc(Cl)cc3[nH]2)cc1. The summed E-state index contributed by atoms with van der Waals surface area (Å²) >= 11 is 5.99. The molecule has 0 saturated heterocycles. The summed E-state index contributed by atoms with van der Waals surface area (Å²) in [5.74, 6) is 1.14. The molecule has 0 unspecified atom stereocenters. The van der Waals surface area contributed by atoms with Gasteiger partial charge in [-0.1, -0.05) is 37.6 Å². The van der Waals surface area contributed by atoms with Gasteiger partial charge in [-0.3, -0.25) is 4.79 Å². The first-order valence-electron chi connectivity index (χ1n) is 7.57. The van der Waals surface area contributed by atoms with Crippen LogP contribution in [0.25, 0.3) is 22.4 Å². The van der Waals surface area contributed by atoms with Crippen molar-refractivity contribution in [1.82, 2.24) is 15.3 Å². The highest BCUT2D eigenvalue weighted by molar-refractivity contribution is 6.31. The highest BCUT2D eigenvalue weighted by Crippen LogP contribution is 2.23. The van der Waals surface area contributed by atoms with Crippen molar-refractivity contribution in [3.63, 3.8) is 0 Å². The molecule has 0 aliphatic carbocycles. The van der Waals surface area contributed by atoms with E-state index < -0.39 is 0 Å². The Morgan fingerprint density at radius 3 is 2.65 bits per heavy atom. The van der Waals surface area contributed by atoms with Crippen molar-refractivity contribution in [2.45, 2.75) is 13.8 Å². The van der Waals surface area contributed by atoms with E-state index >= 15 is 0 Å². The third-order valence-electron chi connectivity index (χ3n) is 3.54. The Kier molecular flexibility index (Phi) is 4.35. The lowest BCUT2D eigenvalue weighted by molar-refractivity contribution is 0.0949. The molecule has 2 N–H and O–H groups in total. The summed E-state index contributed by atoms with van der Waals surface area (Å²) in [4.78, 5) is 19.8. The second kappa shape index (κ2) is 6.42. The van der Waals surface area contributed by atoms with E-state index in [-0.39, 0.29) is 5.91 Å². The minimum atomic E-state index is -0.0540. The van der Waals surface area contributed by atoms with Gasteiger partial charge in [0, 0.05) is 22.7 Å². The van der Waals surface area contributed by atoms with Gasteiger partial charge in [-0.15, -0.1) is 0 Å². The molecule has 0 bridgehead atoms. The van der Waals surface area contributed by atoms with Crippen molar-refractivity contribution in [2.24, 2.45) is 5.92 Å². The summed E-state index contributed by atoms with van der Waals surface area (Å²) in [5, 5.41) is 3.58. The van der Waals surface area contributed by atoms with Crippen LogP contribution >= 0.6 is 11.6 Å². The van der Waals surface area contributed by atoms with Crippen molar-refractivity contribution in [1.29, 1.82) is 0 Å². The number of carbonyl (C=O) groups excluding carboxylic acids is 1. The van der Waals surface area contributed by atoms with Gasteiger partial charge in [0.25, 0.3) is 5.91 Å². The predicted molar refractivity (Wildman–Crippen MR) is 93.7 cm³/mol. The molecule has 0 spiro atoms. The molecular formula is C18H18ClN3O. The Morgan fingerprint density at radius 1 is 1.22 bits per heavy atom. The molecule has 0 aliphatic rings. The standard InChI is InChI=1S/C18H18ClN3O/c1-11(2)10-20-18(23)13-5-3-12(4-6-13)17-21-15-8-7-14(19)9-16(15)22-17/h3-9,11H,10H2,1-2H3,(H,20,23)(H,21,22). The number of fused-ring (bicyclic) bond motifs is 1. The van der Waals surface area contributed by atoms with Crippen LogP contribution in [0.3, 0.4) is 0 Å². The number of rotatable bonds is 4. The summed E-state index contributed by atoms with van der Waals surface area (Å²) < 4.78 is 0. The fourth-order valence-electron chi connectivity index (χ4n) is 2.30. The summed E-state index contributed by atoms with van der Waals surface area (Å²) in [6.45, 7) is 4.80. The number of imidazole rings is 1. The number of H-pyrrole nitrogens is 1. The van der Waals surface area contributed by atoms with Crippen LogP contribution in [0.5, 0.6) is 0 Å². The van der Waals surface area contributed by atoms with Crippen molar-refractivity contribution in [3.8, 4) is 11.4 Å². The summed E-state index contributed by atoms with van der Waals surface area (Å²) in [5.41, 5.74) is 3.33. The molecule has 4 nitrogen and oxygen atoms in total. The molecular weight excluding hydrogens is 310 g/mol. The number of aromatic nitrogens is 2. The van der Waals surface area contributed by atoms with Crippen LogP contribution in [0.2, 0.25) is 5.02 Å². The van der Waals surface area contributed by atoms with Gasteiger partial charge in [-0.2, -0.15) is 0 Å². The highest BCUT2D eigenvalue weighted by atomic mass is 35.5. The molecule has 0 radical (unpaired) electrons. The van der Waals surface area contributed by atoms with Gasteiger partial charge >= 0.3 is 0 Å². The van der Waals surface area contributed by atoms with Gasteiger partial charge in [0.15, 0.2) is 0 Å². The second-order valence-corrected chi connectivity index (χ2v) is 6.36. The third-order valence-corrected chi connectivity index (χ3v) is 3.77. The van der Waals surface area contributed by atoms with Crippen molar-refractivity contribution in [3.05, 3.63) is 53.1 Å². The molecule has 1 amide bonds. The van der Waals surface area contributed by atoms with E-state index in [0.29, 0.717) is 23.0 Å². The van der Waals surface area contributed by atoms with Gasteiger partial charge in [-0.05, 0) is 36.2 Å². The number of hydrogen-bond acceptors (Lipinski definition) is 2. The molecule has 0 fully saturated rings. The summed E-state index contributed by atoms with van der Waals surface area (Å²) in [6.07, 6.45) is 0. The van der Waals surface area contributed by atoms with Crippen LogP contribution in [0.15, 0.2) is 42.5 Å². The fraction of sp³-hybridized carbons (Fsp3) is 0.222. The molecule has 3 aromatic rings. The molecule has 5 heteroatoms. The molecule has 0 saturated carbocycles. The number of nitrogens with zero attached hydrogens (tertiary/aromatic N) is 1. The average molecular weight is 328 g/mol. The van der Waals surface area contributed by atoms with Gasteiger partial charge < -0.3 is 10.3 Å². The van der Waals surface area contributed by atoms with Crippen LogP contribution in [-0.2, 0) is 0 Å². The van der Waals surface area contributed by atoms with E-state index in [0.717, 1.165) is 22.4 Å². The third kappa shape index (κ3) is 3.54. The first-order valence-corrected chi connectivity index (χ1v) is 7.94. The second-order valence-electron chi connectivity index (χ2n) is 5.93. The van der Waals surface area contributed by atoms with Crippen LogP contribution in [0.1, 0.15) is 24.2 Å². The molecule has 2 aromatic carbocycles. The van der Waals surface area contributed by atoms with Crippen LogP contribution in [0, 0.1) is 5.92 Å². The molecule has 0 atom stereocenters. The molecule has 23 heavy (non-hydrogen) atoms. The molecule has 0 aliphatic heterocycles. The fourth-order valence-corrected chi connectivity index (χ4v) is 2.47. The van der Waals surface area contributed by atoms with E-state index in [9.17, 15) is 4.79 Å². The molecule has 1 aromatic heterocycles. The number of hydrogen-bond donors (Lipinski definition) is 2. The van der Waals surface area contributed by atoms with E-state index in [1.807, 2.05) is 42.5 Å². The smallest absolute Gasteiger partial charge is 0.251 e. The molecule has 1 heterocycles. The lowest BCUT2D eigenvalue weighted by Gasteiger charge is -2.07. The monoisotopic (exact) mass is 327 g/mol. The zero-order valence-corrected chi connectivity index (χ0v) is 13.8. The van der Waals surface area contributed by atoms with Crippen LogP contribution < -0.4 is 5.32 Å². The normalized spacial score (nSPS) is 11.1. The zero-order chi connectivity index (χ0) is 16.4. The van der Waals surface area contributed by atoms with Crippen LogP contribution in [-0.4, -0.2) is 22.4 Å². The van der Waals surface area contributed by atoms with Gasteiger partial charge in [-0.25, -0.2) is 4.98 Å². The van der Waals surface area contributed by atoms with Crippen molar-refractivity contribution in [2.75, 3.05) is 6.54 Å². The number of halogens is 1. The summed E-state index contributed by atoms with van der Waals surface area (Å²) in [6, 6.07) is 13.0. The average Bonchev–Trinajstić information content (AvgIpc) is 2.95. The molecule has 3 rings (SSSR count). The Balaban J connectivity index is 1.81. The highest BCUT2D eigenvalue weighted by Gasteiger charge is 2.09. The topological polar surface area (TPSA) is 57.8 Å². The van der Waals surface area contributed by atoms with E-state index in [4.69, 9.17) is 11.6 Å². The maximum Gasteiger partial charge on any atom is 0.251 e. The van der Waals surface area contributed by atoms with Gasteiger partial charge in [0.05, 0.1) is 11.0 Å². The Bertz CT molecular complexity index is 837. The lowest BCUT2D eigenvalue weighted by Crippen LogP contribution is -2.27. The lowest BCUT2D eigenvalue weighted by atomic mass is 10.1. The number of amides is 1. The zero-order valence-electron chi connectivity index (χ0n) is 13.1. The van der Waals surface area contributed by atoms with Crippen LogP contribution in [0.4, 0.5) is 0 Å². The molecule has 118 valence electrons. The number of nitrogens with one attached hydrogen (secondary N) is 2. The van der Waals surface area contributed by atoms with E-state index in [1.54, 1.807) is 0 Å². The van der Waals surface area contributed by atoms with Gasteiger partial charge in [0.2, 0.25) is 0 Å². The Hall–Kier alpha value is -2.33. The maximum atomic E-state index is 12.0. The number of benzene rings is 2. The Labute approximate surface area is 139 Å².